The lowest BCUT2D eigenvalue weighted by atomic mass is 10.1. The molecule has 3 rings (SSSR count). The van der Waals surface area contributed by atoms with Gasteiger partial charge in [0.1, 0.15) is 0 Å². The molecule has 0 spiro atoms. The van der Waals surface area contributed by atoms with Crippen molar-refractivity contribution in [3.8, 4) is 0 Å². The molecule has 1 heterocycles. The first-order valence-electron chi connectivity index (χ1n) is 6.71. The van der Waals surface area contributed by atoms with Crippen LogP contribution in [0, 0.1) is 0 Å². The molecular weight excluding hydrogens is 277 g/mol. The van der Waals surface area contributed by atoms with Crippen LogP contribution in [0.2, 0.25) is 0 Å². The number of fused-ring (bicyclic) bond motifs is 1. The van der Waals surface area contributed by atoms with Crippen LogP contribution in [-0.4, -0.2) is 0 Å². The maximum absolute atomic E-state index is 13.1. The average molecular weight is 292 g/mol. The molecule has 0 saturated heterocycles. The fourth-order valence-electron chi connectivity index (χ4n) is 2.72. The molecule has 2 aromatic rings. The van der Waals surface area contributed by atoms with Gasteiger partial charge in [0.2, 0.25) is 0 Å². The minimum Gasteiger partial charge on any atom is -0.363 e. The van der Waals surface area contributed by atoms with E-state index in [2.05, 4.69) is 0 Å². The van der Waals surface area contributed by atoms with E-state index in [1.165, 1.54) is 12.1 Å². The third-order valence-corrected chi connectivity index (χ3v) is 3.82. The number of nitrogens with two attached hydrogens (primary N) is 1. The SMILES string of the molecule is NCc1ccc(N2Cc3ccccc3C2)cc1C(F)(F)F. The van der Waals surface area contributed by atoms with Gasteiger partial charge < -0.3 is 10.6 Å². The highest BCUT2D eigenvalue weighted by Crippen LogP contribution is 2.36. The summed E-state index contributed by atoms with van der Waals surface area (Å²) in [4.78, 5) is 1.94. The summed E-state index contributed by atoms with van der Waals surface area (Å²) in [5, 5.41) is 0. The van der Waals surface area contributed by atoms with Gasteiger partial charge in [0.05, 0.1) is 5.56 Å². The molecule has 0 aliphatic carbocycles. The molecule has 0 fully saturated rings. The number of hydrogen-bond acceptors (Lipinski definition) is 2. The highest BCUT2D eigenvalue weighted by molar-refractivity contribution is 5.55. The Morgan fingerprint density at radius 2 is 1.62 bits per heavy atom. The van der Waals surface area contributed by atoms with Gasteiger partial charge in [-0.25, -0.2) is 0 Å². The van der Waals surface area contributed by atoms with E-state index in [1.54, 1.807) is 6.07 Å². The van der Waals surface area contributed by atoms with Crippen molar-refractivity contribution in [3.05, 3.63) is 64.7 Å². The molecule has 0 amide bonds. The number of alkyl halides is 3. The van der Waals surface area contributed by atoms with E-state index < -0.39 is 11.7 Å². The fraction of sp³-hybridized carbons (Fsp3) is 0.250. The van der Waals surface area contributed by atoms with Crippen LogP contribution in [0.4, 0.5) is 18.9 Å². The molecule has 1 aliphatic heterocycles. The van der Waals surface area contributed by atoms with Crippen LogP contribution < -0.4 is 10.6 Å². The van der Waals surface area contributed by atoms with Gasteiger partial charge in [-0.2, -0.15) is 13.2 Å². The largest absolute Gasteiger partial charge is 0.416 e. The average Bonchev–Trinajstić information content (AvgIpc) is 2.89. The maximum atomic E-state index is 13.1. The Morgan fingerprint density at radius 3 is 2.14 bits per heavy atom. The van der Waals surface area contributed by atoms with E-state index in [0.29, 0.717) is 18.8 Å². The summed E-state index contributed by atoms with van der Waals surface area (Å²) >= 11 is 0. The summed E-state index contributed by atoms with van der Waals surface area (Å²) in [5.74, 6) is 0. The molecule has 2 aromatic carbocycles. The molecule has 0 bridgehead atoms. The number of halogens is 3. The van der Waals surface area contributed by atoms with E-state index >= 15 is 0 Å². The molecule has 2 N–H and O–H groups in total. The van der Waals surface area contributed by atoms with Gasteiger partial charge in [0.25, 0.3) is 0 Å². The van der Waals surface area contributed by atoms with Crippen LogP contribution in [-0.2, 0) is 25.8 Å². The van der Waals surface area contributed by atoms with Gasteiger partial charge in [0, 0.05) is 25.3 Å². The number of rotatable bonds is 2. The minimum absolute atomic E-state index is 0.116. The third kappa shape index (κ3) is 2.61. The van der Waals surface area contributed by atoms with Gasteiger partial charge in [0.15, 0.2) is 0 Å². The standard InChI is InChI=1S/C16H15F3N2/c17-16(18,19)15-7-14(6-5-11(15)8-20)21-9-12-3-1-2-4-13(12)10-21/h1-7H,8-10,20H2. The Morgan fingerprint density at radius 1 is 1.00 bits per heavy atom. The zero-order valence-electron chi connectivity index (χ0n) is 11.3. The van der Waals surface area contributed by atoms with Crippen molar-refractivity contribution in [1.29, 1.82) is 0 Å². The molecule has 5 heteroatoms. The molecule has 1 aliphatic rings. The predicted octanol–water partition coefficient (Wildman–Crippen LogP) is 3.68. The lowest BCUT2D eigenvalue weighted by Crippen LogP contribution is -2.17. The van der Waals surface area contributed by atoms with Crippen molar-refractivity contribution in [2.75, 3.05) is 4.90 Å². The number of benzene rings is 2. The molecular formula is C16H15F3N2. The van der Waals surface area contributed by atoms with Gasteiger partial charge in [-0.15, -0.1) is 0 Å². The van der Waals surface area contributed by atoms with Crippen LogP contribution in [0.3, 0.4) is 0 Å². The first-order valence-corrected chi connectivity index (χ1v) is 6.71. The summed E-state index contributed by atoms with van der Waals surface area (Å²) in [6.07, 6.45) is -4.38. The molecule has 0 saturated carbocycles. The number of nitrogens with zero attached hydrogens (tertiary/aromatic N) is 1. The summed E-state index contributed by atoms with van der Waals surface area (Å²) in [5.41, 5.74) is 7.80. The van der Waals surface area contributed by atoms with Gasteiger partial charge in [-0.05, 0) is 28.8 Å². The highest BCUT2D eigenvalue weighted by atomic mass is 19.4. The minimum atomic E-state index is -4.38. The summed E-state index contributed by atoms with van der Waals surface area (Å²) < 4.78 is 39.3. The highest BCUT2D eigenvalue weighted by Gasteiger charge is 2.34. The fourth-order valence-corrected chi connectivity index (χ4v) is 2.72. The number of hydrogen-bond donors (Lipinski definition) is 1. The maximum Gasteiger partial charge on any atom is 0.416 e. The van der Waals surface area contributed by atoms with Crippen molar-refractivity contribution < 1.29 is 13.2 Å². The van der Waals surface area contributed by atoms with Crippen molar-refractivity contribution in [3.63, 3.8) is 0 Å². The lowest BCUT2D eigenvalue weighted by molar-refractivity contribution is -0.138. The lowest BCUT2D eigenvalue weighted by Gasteiger charge is -2.21. The Labute approximate surface area is 121 Å². The first kappa shape index (κ1) is 13.9. The van der Waals surface area contributed by atoms with Gasteiger partial charge in [-0.3, -0.25) is 0 Å². The van der Waals surface area contributed by atoms with Crippen molar-refractivity contribution >= 4 is 5.69 Å². The van der Waals surface area contributed by atoms with Crippen molar-refractivity contribution in [1.82, 2.24) is 0 Å². The van der Waals surface area contributed by atoms with E-state index in [9.17, 15) is 13.2 Å². The first-order chi connectivity index (χ1) is 9.99. The Balaban J connectivity index is 1.95. The van der Waals surface area contributed by atoms with E-state index in [4.69, 9.17) is 5.73 Å². The monoisotopic (exact) mass is 292 g/mol. The Bertz CT molecular complexity index is 640. The zero-order chi connectivity index (χ0) is 15.0. The molecule has 0 radical (unpaired) electrons. The van der Waals surface area contributed by atoms with E-state index in [0.717, 1.165) is 11.1 Å². The second-order valence-electron chi connectivity index (χ2n) is 5.17. The van der Waals surface area contributed by atoms with E-state index in [-0.39, 0.29) is 12.1 Å². The van der Waals surface area contributed by atoms with Crippen molar-refractivity contribution in [2.24, 2.45) is 5.73 Å². The van der Waals surface area contributed by atoms with Crippen LogP contribution >= 0.6 is 0 Å². The molecule has 110 valence electrons. The normalized spacial score (nSPS) is 14.4. The molecule has 0 unspecified atom stereocenters. The third-order valence-electron chi connectivity index (χ3n) is 3.82. The zero-order valence-corrected chi connectivity index (χ0v) is 11.3. The molecule has 2 nitrogen and oxygen atoms in total. The molecule has 21 heavy (non-hydrogen) atoms. The predicted molar refractivity (Wildman–Crippen MR) is 75.7 cm³/mol. The second-order valence-corrected chi connectivity index (χ2v) is 5.17. The molecule has 0 atom stereocenters. The van der Waals surface area contributed by atoms with Crippen LogP contribution in [0.25, 0.3) is 0 Å². The van der Waals surface area contributed by atoms with Crippen LogP contribution in [0.15, 0.2) is 42.5 Å². The summed E-state index contributed by atoms with van der Waals surface area (Å²) in [6.45, 7) is 1.15. The quantitative estimate of drug-likeness (QED) is 0.914. The van der Waals surface area contributed by atoms with Gasteiger partial charge in [-0.1, -0.05) is 30.3 Å². The van der Waals surface area contributed by atoms with Crippen LogP contribution in [0.5, 0.6) is 0 Å². The summed E-state index contributed by atoms with van der Waals surface area (Å²) in [6, 6.07) is 12.3. The van der Waals surface area contributed by atoms with Gasteiger partial charge >= 0.3 is 6.18 Å². The Kier molecular flexibility index (Phi) is 3.37. The van der Waals surface area contributed by atoms with E-state index in [1.807, 2.05) is 29.2 Å². The molecule has 0 aromatic heterocycles. The smallest absolute Gasteiger partial charge is 0.363 e. The Hall–Kier alpha value is -2.01. The van der Waals surface area contributed by atoms with Crippen molar-refractivity contribution in [2.45, 2.75) is 25.8 Å². The second kappa shape index (κ2) is 5.07. The summed E-state index contributed by atoms with van der Waals surface area (Å²) in [7, 11) is 0. The number of anilines is 1. The topological polar surface area (TPSA) is 29.3 Å². The van der Waals surface area contributed by atoms with Crippen LogP contribution in [0.1, 0.15) is 22.3 Å².